The molecule has 2 rings (SSSR count). The van der Waals surface area contributed by atoms with Crippen LogP contribution in [0.1, 0.15) is 57.7 Å². The van der Waals surface area contributed by atoms with E-state index in [0.717, 1.165) is 5.69 Å². The van der Waals surface area contributed by atoms with Gasteiger partial charge < -0.3 is 5.11 Å². The van der Waals surface area contributed by atoms with Gasteiger partial charge in [-0.1, -0.05) is 19.3 Å². The number of aliphatic carboxylic acids is 1. The van der Waals surface area contributed by atoms with Crippen molar-refractivity contribution in [3.63, 3.8) is 0 Å². The second-order valence-corrected chi connectivity index (χ2v) is 5.97. The molecule has 0 aromatic carbocycles. The van der Waals surface area contributed by atoms with E-state index in [4.69, 9.17) is 5.11 Å². The molecule has 0 atom stereocenters. The average Bonchev–Trinajstić information content (AvgIpc) is 2.87. The fourth-order valence-electron chi connectivity index (χ4n) is 2.81. The van der Waals surface area contributed by atoms with Crippen molar-refractivity contribution in [2.45, 2.75) is 64.6 Å². The number of hydrogen-bond donors (Lipinski definition) is 1. The van der Waals surface area contributed by atoms with Crippen molar-refractivity contribution < 1.29 is 9.90 Å². The standard InChI is InChI=1S/C15H25N3O2/c1-12(2)17(11-15(19)20)10-13-8-9-18(16-13)14-6-4-3-5-7-14/h8-9,12,14H,3-7,10-11H2,1-2H3,(H,19,20). The van der Waals surface area contributed by atoms with Crippen LogP contribution in [-0.2, 0) is 11.3 Å². The van der Waals surface area contributed by atoms with Gasteiger partial charge in [-0.3, -0.25) is 14.4 Å². The normalized spacial score (nSPS) is 17.0. The summed E-state index contributed by atoms with van der Waals surface area (Å²) in [6.07, 6.45) is 8.39. The second kappa shape index (κ2) is 6.88. The number of carboxylic acid groups (broad SMARTS) is 1. The zero-order valence-electron chi connectivity index (χ0n) is 12.5. The fraction of sp³-hybridized carbons (Fsp3) is 0.733. The Kier molecular flexibility index (Phi) is 5.17. The lowest BCUT2D eigenvalue weighted by Crippen LogP contribution is -2.35. The van der Waals surface area contributed by atoms with Crippen molar-refractivity contribution in [3.8, 4) is 0 Å². The highest BCUT2D eigenvalue weighted by atomic mass is 16.4. The summed E-state index contributed by atoms with van der Waals surface area (Å²) in [7, 11) is 0. The molecule has 0 aliphatic heterocycles. The maximum absolute atomic E-state index is 10.9. The molecule has 1 fully saturated rings. The van der Waals surface area contributed by atoms with Crippen LogP contribution in [0.3, 0.4) is 0 Å². The van der Waals surface area contributed by atoms with Gasteiger partial charge in [-0.05, 0) is 32.8 Å². The lowest BCUT2D eigenvalue weighted by Gasteiger charge is -2.24. The Hall–Kier alpha value is -1.36. The molecule has 1 heterocycles. The van der Waals surface area contributed by atoms with Crippen LogP contribution < -0.4 is 0 Å². The van der Waals surface area contributed by atoms with Gasteiger partial charge in [0.1, 0.15) is 0 Å². The first-order valence-corrected chi connectivity index (χ1v) is 7.56. The van der Waals surface area contributed by atoms with Crippen LogP contribution in [-0.4, -0.2) is 38.3 Å². The van der Waals surface area contributed by atoms with Gasteiger partial charge >= 0.3 is 5.97 Å². The van der Waals surface area contributed by atoms with E-state index in [-0.39, 0.29) is 12.6 Å². The van der Waals surface area contributed by atoms with Crippen LogP contribution in [0.5, 0.6) is 0 Å². The Morgan fingerprint density at radius 2 is 2.15 bits per heavy atom. The molecule has 1 N–H and O–H groups in total. The van der Waals surface area contributed by atoms with Crippen molar-refractivity contribution >= 4 is 5.97 Å². The molecule has 0 spiro atoms. The Bertz CT molecular complexity index is 436. The topological polar surface area (TPSA) is 58.4 Å². The van der Waals surface area contributed by atoms with Crippen molar-refractivity contribution in [2.75, 3.05) is 6.54 Å². The van der Waals surface area contributed by atoms with E-state index in [1.54, 1.807) is 0 Å². The first-order chi connectivity index (χ1) is 9.56. The number of rotatable bonds is 6. The molecule has 1 aliphatic rings. The fourth-order valence-corrected chi connectivity index (χ4v) is 2.81. The number of hydrogen-bond acceptors (Lipinski definition) is 3. The van der Waals surface area contributed by atoms with E-state index < -0.39 is 5.97 Å². The minimum absolute atomic E-state index is 0.0634. The molecular formula is C15H25N3O2. The van der Waals surface area contributed by atoms with Crippen LogP contribution in [0.4, 0.5) is 0 Å². The number of aromatic nitrogens is 2. The van der Waals surface area contributed by atoms with Gasteiger partial charge in [0.25, 0.3) is 0 Å². The summed E-state index contributed by atoms with van der Waals surface area (Å²) in [5.74, 6) is -0.787. The average molecular weight is 279 g/mol. The van der Waals surface area contributed by atoms with Crippen molar-refractivity contribution in [2.24, 2.45) is 0 Å². The van der Waals surface area contributed by atoms with Gasteiger partial charge in [0.05, 0.1) is 18.3 Å². The molecule has 0 bridgehead atoms. The summed E-state index contributed by atoms with van der Waals surface area (Å²) < 4.78 is 2.08. The smallest absolute Gasteiger partial charge is 0.317 e. The van der Waals surface area contributed by atoms with Crippen LogP contribution in [0.15, 0.2) is 12.3 Å². The SMILES string of the molecule is CC(C)N(CC(=O)O)Cc1ccn(C2CCCCC2)n1. The predicted molar refractivity (Wildman–Crippen MR) is 77.5 cm³/mol. The highest BCUT2D eigenvalue weighted by Gasteiger charge is 2.18. The summed E-state index contributed by atoms with van der Waals surface area (Å²) in [6.45, 7) is 4.69. The lowest BCUT2D eigenvalue weighted by atomic mass is 9.96. The highest BCUT2D eigenvalue weighted by Crippen LogP contribution is 2.27. The molecule has 1 aromatic rings. The largest absolute Gasteiger partial charge is 0.480 e. The Morgan fingerprint density at radius 1 is 1.45 bits per heavy atom. The lowest BCUT2D eigenvalue weighted by molar-refractivity contribution is -0.139. The highest BCUT2D eigenvalue weighted by molar-refractivity contribution is 5.69. The molecule has 1 saturated carbocycles. The quantitative estimate of drug-likeness (QED) is 0.869. The van der Waals surface area contributed by atoms with Gasteiger partial charge in [0, 0.05) is 18.8 Å². The molecule has 20 heavy (non-hydrogen) atoms. The van der Waals surface area contributed by atoms with Crippen LogP contribution in [0, 0.1) is 0 Å². The Morgan fingerprint density at radius 3 is 2.75 bits per heavy atom. The van der Waals surface area contributed by atoms with Crippen LogP contribution >= 0.6 is 0 Å². The molecule has 1 aliphatic carbocycles. The Balaban J connectivity index is 1.98. The molecule has 112 valence electrons. The zero-order chi connectivity index (χ0) is 14.5. The molecule has 1 aromatic heterocycles. The minimum atomic E-state index is -0.787. The predicted octanol–water partition coefficient (Wildman–Crippen LogP) is 2.68. The maximum Gasteiger partial charge on any atom is 0.317 e. The molecule has 5 nitrogen and oxygen atoms in total. The second-order valence-electron chi connectivity index (χ2n) is 5.97. The summed E-state index contributed by atoms with van der Waals surface area (Å²) in [5.41, 5.74) is 0.963. The van der Waals surface area contributed by atoms with E-state index in [9.17, 15) is 4.79 Å². The third-order valence-corrected chi connectivity index (χ3v) is 4.05. The van der Waals surface area contributed by atoms with Crippen molar-refractivity contribution in [1.29, 1.82) is 0 Å². The molecule has 0 saturated heterocycles. The van der Waals surface area contributed by atoms with Gasteiger partial charge in [-0.15, -0.1) is 0 Å². The molecule has 0 radical (unpaired) electrons. The first kappa shape index (κ1) is 15.0. The van der Waals surface area contributed by atoms with Gasteiger partial charge in [0.15, 0.2) is 0 Å². The number of carbonyl (C=O) groups is 1. The monoisotopic (exact) mass is 279 g/mol. The third-order valence-electron chi connectivity index (χ3n) is 4.05. The van der Waals surface area contributed by atoms with E-state index in [0.29, 0.717) is 12.6 Å². The van der Waals surface area contributed by atoms with Crippen molar-refractivity contribution in [3.05, 3.63) is 18.0 Å². The van der Waals surface area contributed by atoms with Gasteiger partial charge in [-0.2, -0.15) is 5.10 Å². The summed E-state index contributed by atoms with van der Waals surface area (Å²) in [6, 6.07) is 2.75. The Labute approximate surface area is 120 Å². The van der Waals surface area contributed by atoms with Gasteiger partial charge in [0.2, 0.25) is 0 Å². The molecule has 0 unspecified atom stereocenters. The van der Waals surface area contributed by atoms with E-state index in [2.05, 4.69) is 9.78 Å². The molecular weight excluding hydrogens is 254 g/mol. The van der Waals surface area contributed by atoms with E-state index >= 15 is 0 Å². The molecule has 5 heteroatoms. The summed E-state index contributed by atoms with van der Waals surface area (Å²) >= 11 is 0. The van der Waals surface area contributed by atoms with Crippen molar-refractivity contribution in [1.82, 2.24) is 14.7 Å². The van der Waals surface area contributed by atoms with E-state index in [1.807, 2.05) is 31.0 Å². The number of nitrogens with zero attached hydrogens (tertiary/aromatic N) is 3. The zero-order valence-corrected chi connectivity index (χ0v) is 12.5. The van der Waals surface area contributed by atoms with Gasteiger partial charge in [-0.25, -0.2) is 0 Å². The summed E-state index contributed by atoms with van der Waals surface area (Å²) in [4.78, 5) is 12.8. The first-order valence-electron chi connectivity index (χ1n) is 7.56. The third kappa shape index (κ3) is 4.07. The van der Waals surface area contributed by atoms with E-state index in [1.165, 1.54) is 32.1 Å². The van der Waals surface area contributed by atoms with Crippen LogP contribution in [0.2, 0.25) is 0 Å². The molecule has 0 amide bonds. The van der Waals surface area contributed by atoms with Crippen LogP contribution in [0.25, 0.3) is 0 Å². The summed E-state index contributed by atoms with van der Waals surface area (Å²) in [5, 5.41) is 13.6. The maximum atomic E-state index is 10.9. The minimum Gasteiger partial charge on any atom is -0.480 e. The number of carboxylic acids is 1.